The van der Waals surface area contributed by atoms with Crippen molar-refractivity contribution in [3.63, 3.8) is 0 Å². The minimum absolute atomic E-state index is 0.0414. The van der Waals surface area contributed by atoms with Gasteiger partial charge in [-0.05, 0) is 6.42 Å². The number of aromatic nitrogens is 2. The highest BCUT2D eigenvalue weighted by molar-refractivity contribution is 5.82. The minimum atomic E-state index is -1.18. The second-order valence-electron chi connectivity index (χ2n) is 3.96. The number of H-pyrrole nitrogens is 1. The summed E-state index contributed by atoms with van der Waals surface area (Å²) in [4.78, 5) is 29.4. The van der Waals surface area contributed by atoms with Gasteiger partial charge < -0.3 is 25.8 Å². The van der Waals surface area contributed by atoms with Gasteiger partial charge in [-0.15, -0.1) is 0 Å². The predicted octanol–water partition coefficient (Wildman–Crippen LogP) is -0.00440. The highest BCUT2D eigenvalue weighted by Gasteiger charge is 2.21. The number of aliphatic hydroxyl groups is 1. The second kappa shape index (κ2) is 7.37. The van der Waals surface area contributed by atoms with Crippen molar-refractivity contribution < 1.29 is 19.8 Å². The van der Waals surface area contributed by atoms with Crippen molar-refractivity contribution >= 4 is 12.0 Å². The number of hydrogen-bond donors (Lipinski definition) is 5. The third-order valence-electron chi connectivity index (χ3n) is 2.58. The molecule has 0 radical (unpaired) electrons. The summed E-state index contributed by atoms with van der Waals surface area (Å²) in [5.41, 5.74) is 0. The van der Waals surface area contributed by atoms with Crippen LogP contribution in [-0.2, 0) is 4.79 Å². The standard InChI is InChI=1S/C11H18N4O4/c1-2-7(9-12-4-5-13-9)14-11(19)15-8(3-6-16)10(17)18/h4-5,7-8,16H,2-3,6H2,1H3,(H,12,13)(H,17,18)(H2,14,15,19)/t7?,8-/m1/s1. The average Bonchev–Trinajstić information content (AvgIpc) is 2.89. The lowest BCUT2D eigenvalue weighted by Crippen LogP contribution is -2.47. The summed E-state index contributed by atoms with van der Waals surface area (Å²) in [5.74, 6) is -0.582. The molecule has 2 amide bonds. The molecular formula is C11H18N4O4. The second-order valence-corrected chi connectivity index (χ2v) is 3.96. The van der Waals surface area contributed by atoms with Crippen molar-refractivity contribution in [2.45, 2.75) is 31.8 Å². The molecule has 2 atom stereocenters. The van der Waals surface area contributed by atoms with Gasteiger partial charge in [0.2, 0.25) is 0 Å². The van der Waals surface area contributed by atoms with Crippen LogP contribution >= 0.6 is 0 Å². The predicted molar refractivity (Wildman–Crippen MR) is 66.4 cm³/mol. The van der Waals surface area contributed by atoms with Crippen LogP contribution in [0.5, 0.6) is 0 Å². The first-order valence-electron chi connectivity index (χ1n) is 5.98. The first-order chi connectivity index (χ1) is 9.08. The number of hydrogen-bond acceptors (Lipinski definition) is 4. The fourth-order valence-corrected chi connectivity index (χ4v) is 1.58. The van der Waals surface area contributed by atoms with E-state index in [1.54, 1.807) is 12.4 Å². The van der Waals surface area contributed by atoms with Crippen LogP contribution in [0, 0.1) is 0 Å². The zero-order valence-electron chi connectivity index (χ0n) is 10.6. The molecule has 1 unspecified atom stereocenters. The molecule has 0 aliphatic carbocycles. The summed E-state index contributed by atoms with van der Waals surface area (Å²) in [5, 5.41) is 22.5. The number of imidazole rings is 1. The van der Waals surface area contributed by atoms with E-state index in [0.717, 1.165) is 0 Å². The molecule has 0 bridgehead atoms. The number of carboxylic acids is 1. The smallest absolute Gasteiger partial charge is 0.326 e. The van der Waals surface area contributed by atoms with Crippen LogP contribution in [0.1, 0.15) is 31.6 Å². The number of carbonyl (C=O) groups is 2. The maximum Gasteiger partial charge on any atom is 0.326 e. The highest BCUT2D eigenvalue weighted by Crippen LogP contribution is 2.10. The van der Waals surface area contributed by atoms with Gasteiger partial charge in [-0.25, -0.2) is 14.6 Å². The number of urea groups is 1. The molecule has 1 heterocycles. The Kier molecular flexibility index (Phi) is 5.80. The Labute approximate surface area is 110 Å². The van der Waals surface area contributed by atoms with Crippen molar-refractivity contribution in [2.75, 3.05) is 6.61 Å². The van der Waals surface area contributed by atoms with Gasteiger partial charge in [0, 0.05) is 25.4 Å². The summed E-state index contributed by atoms with van der Waals surface area (Å²) in [6.45, 7) is 1.56. The molecule has 19 heavy (non-hydrogen) atoms. The molecule has 0 fully saturated rings. The quantitative estimate of drug-likeness (QED) is 0.476. The van der Waals surface area contributed by atoms with Gasteiger partial charge in [-0.3, -0.25) is 0 Å². The molecule has 0 aliphatic rings. The van der Waals surface area contributed by atoms with Gasteiger partial charge >= 0.3 is 12.0 Å². The Hall–Kier alpha value is -2.09. The largest absolute Gasteiger partial charge is 0.480 e. The van der Waals surface area contributed by atoms with Gasteiger partial charge in [0.15, 0.2) is 0 Å². The lowest BCUT2D eigenvalue weighted by molar-refractivity contribution is -0.139. The third kappa shape index (κ3) is 4.59. The molecule has 1 rings (SSSR count). The fourth-order valence-electron chi connectivity index (χ4n) is 1.58. The van der Waals surface area contributed by atoms with Crippen molar-refractivity contribution in [3.8, 4) is 0 Å². The van der Waals surface area contributed by atoms with Gasteiger partial charge in [0.05, 0.1) is 6.04 Å². The molecule has 0 aliphatic heterocycles. The Morgan fingerprint density at radius 1 is 1.47 bits per heavy atom. The number of nitrogens with zero attached hydrogens (tertiary/aromatic N) is 1. The number of carbonyl (C=O) groups excluding carboxylic acids is 1. The average molecular weight is 270 g/mol. The van der Waals surface area contributed by atoms with E-state index in [4.69, 9.17) is 10.2 Å². The van der Waals surface area contributed by atoms with Crippen LogP contribution in [0.3, 0.4) is 0 Å². The van der Waals surface area contributed by atoms with Crippen LogP contribution in [-0.4, -0.2) is 44.8 Å². The number of aliphatic carboxylic acids is 1. The topological polar surface area (TPSA) is 127 Å². The molecule has 0 saturated heterocycles. The van der Waals surface area contributed by atoms with E-state index in [2.05, 4.69) is 20.6 Å². The highest BCUT2D eigenvalue weighted by atomic mass is 16.4. The third-order valence-corrected chi connectivity index (χ3v) is 2.58. The van der Waals surface area contributed by atoms with Crippen molar-refractivity contribution in [1.82, 2.24) is 20.6 Å². The maximum absolute atomic E-state index is 11.7. The van der Waals surface area contributed by atoms with E-state index < -0.39 is 18.0 Å². The summed E-state index contributed by atoms with van der Waals surface area (Å²) in [7, 11) is 0. The van der Waals surface area contributed by atoms with E-state index in [9.17, 15) is 9.59 Å². The van der Waals surface area contributed by atoms with E-state index >= 15 is 0 Å². The zero-order valence-corrected chi connectivity index (χ0v) is 10.6. The summed E-state index contributed by atoms with van der Waals surface area (Å²) in [6.07, 6.45) is 3.78. The summed E-state index contributed by atoms with van der Waals surface area (Å²) < 4.78 is 0. The number of carboxylic acid groups (broad SMARTS) is 1. The normalized spacial score (nSPS) is 13.6. The Bertz CT molecular complexity index is 407. The Balaban J connectivity index is 2.55. The minimum Gasteiger partial charge on any atom is -0.480 e. The molecule has 0 spiro atoms. The van der Waals surface area contributed by atoms with Gasteiger partial charge in [-0.1, -0.05) is 6.92 Å². The molecule has 5 N–H and O–H groups in total. The Morgan fingerprint density at radius 3 is 2.68 bits per heavy atom. The molecule has 1 aromatic heterocycles. The molecule has 8 heteroatoms. The van der Waals surface area contributed by atoms with Crippen LogP contribution in [0.2, 0.25) is 0 Å². The maximum atomic E-state index is 11.7. The monoisotopic (exact) mass is 270 g/mol. The van der Waals surface area contributed by atoms with Crippen LogP contribution in [0.15, 0.2) is 12.4 Å². The van der Waals surface area contributed by atoms with Gasteiger partial charge in [-0.2, -0.15) is 0 Å². The van der Waals surface area contributed by atoms with Crippen LogP contribution in [0.25, 0.3) is 0 Å². The van der Waals surface area contributed by atoms with Gasteiger partial charge in [0.25, 0.3) is 0 Å². The lowest BCUT2D eigenvalue weighted by Gasteiger charge is -2.18. The van der Waals surface area contributed by atoms with Gasteiger partial charge in [0.1, 0.15) is 11.9 Å². The SMILES string of the molecule is CCC(NC(=O)N[C@H](CCO)C(=O)O)c1ncc[nH]1. The van der Waals surface area contributed by atoms with E-state index in [1.807, 2.05) is 6.92 Å². The van der Waals surface area contributed by atoms with Crippen molar-refractivity contribution in [2.24, 2.45) is 0 Å². The van der Waals surface area contributed by atoms with Crippen LogP contribution in [0.4, 0.5) is 4.79 Å². The van der Waals surface area contributed by atoms with Crippen molar-refractivity contribution in [1.29, 1.82) is 0 Å². The van der Waals surface area contributed by atoms with Crippen molar-refractivity contribution in [3.05, 3.63) is 18.2 Å². The summed E-state index contributed by atoms with van der Waals surface area (Å²) >= 11 is 0. The molecule has 106 valence electrons. The lowest BCUT2D eigenvalue weighted by atomic mass is 10.2. The molecular weight excluding hydrogens is 252 g/mol. The first kappa shape index (κ1) is 15.0. The van der Waals surface area contributed by atoms with E-state index in [0.29, 0.717) is 12.2 Å². The zero-order chi connectivity index (χ0) is 14.3. The molecule has 0 saturated carbocycles. The fraction of sp³-hybridized carbons (Fsp3) is 0.545. The molecule has 8 nitrogen and oxygen atoms in total. The van der Waals surface area contributed by atoms with E-state index in [-0.39, 0.29) is 19.1 Å². The summed E-state index contributed by atoms with van der Waals surface area (Å²) in [6, 6.07) is -2.04. The number of aliphatic hydroxyl groups excluding tert-OH is 1. The number of nitrogens with one attached hydrogen (secondary N) is 3. The number of amides is 2. The Morgan fingerprint density at radius 2 is 2.21 bits per heavy atom. The van der Waals surface area contributed by atoms with E-state index in [1.165, 1.54) is 0 Å². The first-order valence-corrected chi connectivity index (χ1v) is 5.98. The molecule has 1 aromatic rings. The molecule has 0 aromatic carbocycles. The number of aromatic amines is 1. The number of rotatable bonds is 7. The van der Waals surface area contributed by atoms with Crippen LogP contribution < -0.4 is 10.6 Å².